The first-order valence-electron chi connectivity index (χ1n) is 3.32. The number of hydrogen-bond donors (Lipinski definition) is 0. The van der Waals surface area contributed by atoms with Gasteiger partial charge in [0, 0.05) is 12.2 Å². The molecule has 56 valence electrons. The van der Waals surface area contributed by atoms with Crippen LogP contribution >= 0.6 is 22.6 Å². The number of aryl methyl sites for hydroxylation is 1. The zero-order valence-corrected chi connectivity index (χ0v) is 8.58. The molecule has 0 aliphatic carbocycles. The molecule has 0 atom stereocenters. The first kappa shape index (κ1) is 8.04. The smallest absolute Gasteiger partial charge is 0.0727 e. The first-order valence-corrected chi connectivity index (χ1v) is 4.40. The summed E-state index contributed by atoms with van der Waals surface area (Å²) in [5.41, 5.74) is 1.12. The van der Waals surface area contributed by atoms with Gasteiger partial charge in [-0.2, -0.15) is 5.10 Å². The molecule has 0 fully saturated rings. The summed E-state index contributed by atoms with van der Waals surface area (Å²) in [6.07, 6.45) is 2.07. The van der Waals surface area contributed by atoms with Crippen molar-refractivity contribution in [2.45, 2.75) is 26.8 Å². The van der Waals surface area contributed by atoms with Crippen molar-refractivity contribution < 1.29 is 0 Å². The monoisotopic (exact) mass is 250 g/mol. The minimum Gasteiger partial charge on any atom is -0.269 e. The average Bonchev–Trinajstić information content (AvgIpc) is 2.13. The summed E-state index contributed by atoms with van der Waals surface area (Å²) in [5.74, 6) is 0. The van der Waals surface area contributed by atoms with E-state index in [1.165, 1.54) is 3.57 Å². The Morgan fingerprint density at radius 2 is 2.20 bits per heavy atom. The predicted molar refractivity (Wildman–Crippen MR) is 50.1 cm³/mol. The second kappa shape index (κ2) is 2.90. The van der Waals surface area contributed by atoms with Crippen molar-refractivity contribution in [3.63, 3.8) is 0 Å². The number of hydrogen-bond acceptors (Lipinski definition) is 1. The first-order chi connectivity index (χ1) is 4.61. The SMILES string of the molecule is Cc1nn(C(C)C)cc1I. The van der Waals surface area contributed by atoms with Gasteiger partial charge in [-0.15, -0.1) is 0 Å². The van der Waals surface area contributed by atoms with E-state index in [-0.39, 0.29) is 0 Å². The van der Waals surface area contributed by atoms with Gasteiger partial charge in [-0.05, 0) is 43.4 Å². The van der Waals surface area contributed by atoms with Gasteiger partial charge in [0.05, 0.1) is 9.26 Å². The van der Waals surface area contributed by atoms with Crippen molar-refractivity contribution in [3.8, 4) is 0 Å². The fourth-order valence-corrected chi connectivity index (χ4v) is 1.12. The summed E-state index contributed by atoms with van der Waals surface area (Å²) < 4.78 is 3.23. The lowest BCUT2D eigenvalue weighted by molar-refractivity contribution is 0.529. The maximum atomic E-state index is 4.32. The van der Waals surface area contributed by atoms with E-state index in [9.17, 15) is 0 Å². The predicted octanol–water partition coefficient (Wildman–Crippen LogP) is 2.38. The molecule has 0 saturated carbocycles. The maximum Gasteiger partial charge on any atom is 0.0727 e. The van der Waals surface area contributed by atoms with E-state index in [0.717, 1.165) is 5.69 Å². The van der Waals surface area contributed by atoms with Crippen LogP contribution < -0.4 is 0 Å². The Morgan fingerprint density at radius 1 is 1.60 bits per heavy atom. The lowest BCUT2D eigenvalue weighted by atomic mass is 10.4. The van der Waals surface area contributed by atoms with Crippen LogP contribution in [0.4, 0.5) is 0 Å². The zero-order chi connectivity index (χ0) is 7.72. The van der Waals surface area contributed by atoms with E-state index in [1.807, 2.05) is 11.6 Å². The highest BCUT2D eigenvalue weighted by atomic mass is 127. The lowest BCUT2D eigenvalue weighted by Crippen LogP contribution is -2.00. The minimum absolute atomic E-state index is 0.474. The van der Waals surface area contributed by atoms with Gasteiger partial charge in [-0.25, -0.2) is 0 Å². The highest BCUT2D eigenvalue weighted by Gasteiger charge is 2.02. The van der Waals surface area contributed by atoms with Crippen molar-refractivity contribution in [3.05, 3.63) is 15.5 Å². The van der Waals surface area contributed by atoms with Crippen LogP contribution in [0.5, 0.6) is 0 Å². The van der Waals surface area contributed by atoms with Crippen LogP contribution in [0.1, 0.15) is 25.6 Å². The van der Waals surface area contributed by atoms with Gasteiger partial charge in [0.2, 0.25) is 0 Å². The third kappa shape index (κ3) is 1.51. The highest BCUT2D eigenvalue weighted by molar-refractivity contribution is 14.1. The zero-order valence-electron chi connectivity index (χ0n) is 6.43. The second-order valence-electron chi connectivity index (χ2n) is 2.64. The Bertz CT molecular complexity index is 208. The van der Waals surface area contributed by atoms with E-state index < -0.39 is 0 Å². The van der Waals surface area contributed by atoms with Gasteiger partial charge in [-0.1, -0.05) is 0 Å². The number of halogens is 1. The highest BCUT2D eigenvalue weighted by Crippen LogP contribution is 2.11. The molecule has 1 heterocycles. The molecular weight excluding hydrogens is 239 g/mol. The Kier molecular flexibility index (Phi) is 2.33. The maximum absolute atomic E-state index is 4.32. The van der Waals surface area contributed by atoms with Crippen LogP contribution in [-0.4, -0.2) is 9.78 Å². The molecule has 0 saturated heterocycles. The topological polar surface area (TPSA) is 17.8 Å². The van der Waals surface area contributed by atoms with Crippen LogP contribution in [0.2, 0.25) is 0 Å². The molecule has 1 rings (SSSR count). The van der Waals surface area contributed by atoms with Crippen LogP contribution in [0.3, 0.4) is 0 Å². The third-order valence-corrected chi connectivity index (χ3v) is 2.44. The van der Waals surface area contributed by atoms with E-state index in [0.29, 0.717) is 6.04 Å². The number of nitrogens with zero attached hydrogens (tertiary/aromatic N) is 2. The summed E-state index contributed by atoms with van der Waals surface area (Å²) in [7, 11) is 0. The van der Waals surface area contributed by atoms with Gasteiger partial charge in [-0.3, -0.25) is 4.68 Å². The van der Waals surface area contributed by atoms with Crippen LogP contribution in [0.25, 0.3) is 0 Å². The van der Waals surface area contributed by atoms with Crippen molar-refractivity contribution in [1.82, 2.24) is 9.78 Å². The molecule has 0 amide bonds. The molecule has 0 aliphatic rings. The molecule has 0 aliphatic heterocycles. The molecule has 0 radical (unpaired) electrons. The summed E-state index contributed by atoms with van der Waals surface area (Å²) in [6.45, 7) is 6.28. The van der Waals surface area contributed by atoms with Crippen molar-refractivity contribution in [1.29, 1.82) is 0 Å². The summed E-state index contributed by atoms with van der Waals surface area (Å²) >= 11 is 2.30. The molecule has 0 unspecified atom stereocenters. The molecule has 0 N–H and O–H groups in total. The average molecular weight is 250 g/mol. The second-order valence-corrected chi connectivity index (χ2v) is 3.80. The van der Waals surface area contributed by atoms with Crippen molar-refractivity contribution in [2.24, 2.45) is 0 Å². The van der Waals surface area contributed by atoms with Gasteiger partial charge in [0.1, 0.15) is 0 Å². The minimum atomic E-state index is 0.474. The lowest BCUT2D eigenvalue weighted by Gasteiger charge is -2.02. The number of rotatable bonds is 1. The van der Waals surface area contributed by atoms with Crippen LogP contribution in [0.15, 0.2) is 6.20 Å². The van der Waals surface area contributed by atoms with E-state index in [1.54, 1.807) is 0 Å². The fourth-order valence-electron chi connectivity index (χ4n) is 0.724. The van der Waals surface area contributed by atoms with Gasteiger partial charge < -0.3 is 0 Å². The normalized spacial score (nSPS) is 10.9. The third-order valence-electron chi connectivity index (χ3n) is 1.39. The quantitative estimate of drug-likeness (QED) is 0.699. The largest absolute Gasteiger partial charge is 0.269 e. The van der Waals surface area contributed by atoms with Gasteiger partial charge in [0.25, 0.3) is 0 Å². The molecule has 0 aromatic carbocycles. The van der Waals surface area contributed by atoms with Crippen molar-refractivity contribution >= 4 is 22.6 Å². The van der Waals surface area contributed by atoms with E-state index in [4.69, 9.17) is 0 Å². The standard InChI is InChI=1S/C7H11IN2/c1-5(2)10-4-7(8)6(3)9-10/h4-5H,1-3H3. The Hall–Kier alpha value is -0.0600. The van der Waals surface area contributed by atoms with Crippen molar-refractivity contribution in [2.75, 3.05) is 0 Å². The van der Waals surface area contributed by atoms with E-state index in [2.05, 4.69) is 47.7 Å². The van der Waals surface area contributed by atoms with Gasteiger partial charge in [0.15, 0.2) is 0 Å². The molecule has 1 aromatic rings. The summed E-state index contributed by atoms with van der Waals surface area (Å²) in [5, 5.41) is 4.32. The van der Waals surface area contributed by atoms with Crippen LogP contribution in [0, 0.1) is 10.5 Å². The van der Waals surface area contributed by atoms with E-state index >= 15 is 0 Å². The van der Waals surface area contributed by atoms with Gasteiger partial charge >= 0.3 is 0 Å². The molecule has 0 spiro atoms. The molecule has 0 bridgehead atoms. The van der Waals surface area contributed by atoms with Crippen LogP contribution in [-0.2, 0) is 0 Å². The summed E-state index contributed by atoms with van der Waals surface area (Å²) in [6, 6.07) is 0.474. The number of aromatic nitrogens is 2. The molecule has 1 aromatic heterocycles. The Labute approximate surface area is 74.8 Å². The molecule has 3 heteroatoms. The molecule has 2 nitrogen and oxygen atoms in total. The fraction of sp³-hybridized carbons (Fsp3) is 0.571. The Balaban J connectivity index is 2.98. The molecule has 10 heavy (non-hydrogen) atoms. The Morgan fingerprint density at radius 3 is 2.40 bits per heavy atom. The summed E-state index contributed by atoms with van der Waals surface area (Å²) in [4.78, 5) is 0. The molecular formula is C7H11IN2.